The molecule has 4 rings (SSSR count). The Morgan fingerprint density at radius 2 is 1.75 bits per heavy atom. The monoisotopic (exact) mass is 426 g/mol. The first-order valence-electron chi connectivity index (χ1n) is 10.5. The first-order valence-corrected chi connectivity index (χ1v) is 10.5. The molecule has 1 aliphatic heterocycles. The van der Waals surface area contributed by atoms with Crippen molar-refractivity contribution in [3.63, 3.8) is 0 Å². The predicted octanol–water partition coefficient (Wildman–Crippen LogP) is 5.40. The zero-order chi connectivity index (χ0) is 22.5. The topological polar surface area (TPSA) is 51.1 Å². The van der Waals surface area contributed by atoms with Gasteiger partial charge in [-0.25, -0.2) is 5.01 Å². The Bertz CT molecular complexity index is 1150. The van der Waals surface area contributed by atoms with Gasteiger partial charge in [-0.05, 0) is 36.3 Å². The molecule has 0 radical (unpaired) electrons. The van der Waals surface area contributed by atoms with Gasteiger partial charge in [-0.1, -0.05) is 60.2 Å². The molecule has 0 bridgehead atoms. The SMILES string of the molecule is COc1ccc(C2=NN(C(=O)C=Cc3ccccc3)C(c3ccc(C)cc3)C2)c(OC)c1. The van der Waals surface area contributed by atoms with Crippen LogP contribution in [0.1, 0.15) is 34.7 Å². The van der Waals surface area contributed by atoms with Crippen molar-refractivity contribution in [3.05, 3.63) is 101 Å². The van der Waals surface area contributed by atoms with E-state index >= 15 is 0 Å². The van der Waals surface area contributed by atoms with Crippen LogP contribution in [0.4, 0.5) is 0 Å². The van der Waals surface area contributed by atoms with E-state index in [1.807, 2.05) is 61.5 Å². The summed E-state index contributed by atoms with van der Waals surface area (Å²) in [6.07, 6.45) is 3.99. The third-order valence-electron chi connectivity index (χ3n) is 5.54. The average Bonchev–Trinajstić information content (AvgIpc) is 3.28. The molecule has 0 spiro atoms. The highest BCUT2D eigenvalue weighted by atomic mass is 16.5. The van der Waals surface area contributed by atoms with Crippen molar-refractivity contribution in [2.45, 2.75) is 19.4 Å². The second-order valence-corrected chi connectivity index (χ2v) is 7.67. The van der Waals surface area contributed by atoms with E-state index in [1.54, 1.807) is 25.3 Å². The number of benzene rings is 3. The van der Waals surface area contributed by atoms with Crippen molar-refractivity contribution in [3.8, 4) is 11.5 Å². The van der Waals surface area contributed by atoms with E-state index in [2.05, 4.69) is 24.3 Å². The van der Waals surface area contributed by atoms with Crippen molar-refractivity contribution < 1.29 is 14.3 Å². The van der Waals surface area contributed by atoms with Crippen LogP contribution in [0.5, 0.6) is 11.5 Å². The van der Waals surface area contributed by atoms with Gasteiger partial charge in [0.1, 0.15) is 11.5 Å². The largest absolute Gasteiger partial charge is 0.497 e. The zero-order valence-electron chi connectivity index (χ0n) is 18.5. The summed E-state index contributed by atoms with van der Waals surface area (Å²) in [6, 6.07) is 23.4. The summed E-state index contributed by atoms with van der Waals surface area (Å²) in [5.74, 6) is 1.21. The molecule has 5 heteroatoms. The van der Waals surface area contributed by atoms with Crippen LogP contribution in [-0.2, 0) is 4.79 Å². The van der Waals surface area contributed by atoms with Crippen molar-refractivity contribution in [1.29, 1.82) is 0 Å². The maximum absolute atomic E-state index is 13.2. The lowest BCUT2D eigenvalue weighted by Crippen LogP contribution is -2.25. The molecular weight excluding hydrogens is 400 g/mol. The second-order valence-electron chi connectivity index (χ2n) is 7.67. The van der Waals surface area contributed by atoms with E-state index in [1.165, 1.54) is 5.56 Å². The van der Waals surface area contributed by atoms with Crippen molar-refractivity contribution in [2.24, 2.45) is 5.10 Å². The number of hydrogen-bond donors (Lipinski definition) is 0. The van der Waals surface area contributed by atoms with E-state index in [0.717, 1.165) is 22.4 Å². The van der Waals surface area contributed by atoms with Gasteiger partial charge in [0.05, 0.1) is 26.0 Å². The normalized spacial score (nSPS) is 15.7. The van der Waals surface area contributed by atoms with Crippen LogP contribution >= 0.6 is 0 Å². The summed E-state index contributed by atoms with van der Waals surface area (Å²) in [5, 5.41) is 6.32. The number of rotatable bonds is 6. The lowest BCUT2D eigenvalue weighted by atomic mass is 9.97. The van der Waals surface area contributed by atoms with Crippen LogP contribution in [-0.4, -0.2) is 30.8 Å². The van der Waals surface area contributed by atoms with Gasteiger partial charge < -0.3 is 9.47 Å². The lowest BCUT2D eigenvalue weighted by molar-refractivity contribution is -0.127. The first-order chi connectivity index (χ1) is 15.6. The quantitative estimate of drug-likeness (QED) is 0.496. The fourth-order valence-corrected chi connectivity index (χ4v) is 3.77. The molecule has 162 valence electrons. The number of methoxy groups -OCH3 is 2. The van der Waals surface area contributed by atoms with Crippen LogP contribution < -0.4 is 9.47 Å². The van der Waals surface area contributed by atoms with E-state index in [0.29, 0.717) is 17.9 Å². The molecular formula is C27H26N2O3. The minimum absolute atomic E-state index is 0.165. The molecule has 32 heavy (non-hydrogen) atoms. The molecule has 0 N–H and O–H groups in total. The third-order valence-corrected chi connectivity index (χ3v) is 5.54. The molecule has 0 saturated heterocycles. The Labute approximate surface area is 188 Å². The maximum atomic E-state index is 13.2. The fraction of sp³-hybridized carbons (Fsp3) is 0.185. The van der Waals surface area contributed by atoms with Crippen LogP contribution in [0.3, 0.4) is 0 Å². The third kappa shape index (κ3) is 4.57. The number of carbonyl (C=O) groups is 1. The van der Waals surface area contributed by atoms with Crippen LogP contribution in [0.15, 0.2) is 84.0 Å². The molecule has 5 nitrogen and oxygen atoms in total. The lowest BCUT2D eigenvalue weighted by Gasteiger charge is -2.21. The molecule has 0 saturated carbocycles. The summed E-state index contributed by atoms with van der Waals surface area (Å²) < 4.78 is 10.9. The number of aryl methyl sites for hydroxylation is 1. The molecule has 0 fully saturated rings. The summed E-state index contributed by atoms with van der Waals surface area (Å²) >= 11 is 0. The van der Waals surface area contributed by atoms with Gasteiger partial charge in [0.25, 0.3) is 5.91 Å². The highest BCUT2D eigenvalue weighted by Gasteiger charge is 2.33. The Morgan fingerprint density at radius 1 is 1.00 bits per heavy atom. The van der Waals surface area contributed by atoms with Crippen LogP contribution in [0.25, 0.3) is 6.08 Å². The summed E-state index contributed by atoms with van der Waals surface area (Å²) in [5.41, 5.74) is 4.84. The van der Waals surface area contributed by atoms with Crippen molar-refractivity contribution in [1.82, 2.24) is 5.01 Å². The molecule has 3 aromatic carbocycles. The molecule has 1 heterocycles. The Balaban J connectivity index is 1.69. The van der Waals surface area contributed by atoms with Gasteiger partial charge >= 0.3 is 0 Å². The number of hydrogen-bond acceptors (Lipinski definition) is 4. The Morgan fingerprint density at radius 3 is 2.44 bits per heavy atom. The average molecular weight is 427 g/mol. The number of ether oxygens (including phenoxy) is 2. The van der Waals surface area contributed by atoms with E-state index in [9.17, 15) is 4.79 Å². The molecule has 1 amide bonds. The van der Waals surface area contributed by atoms with Gasteiger partial charge in [0, 0.05) is 24.1 Å². The summed E-state index contributed by atoms with van der Waals surface area (Å²) in [6.45, 7) is 2.05. The van der Waals surface area contributed by atoms with Crippen molar-refractivity contribution >= 4 is 17.7 Å². The van der Waals surface area contributed by atoms with Gasteiger partial charge in [-0.15, -0.1) is 0 Å². The number of carbonyl (C=O) groups excluding carboxylic acids is 1. The van der Waals surface area contributed by atoms with Gasteiger partial charge in [-0.2, -0.15) is 5.10 Å². The summed E-state index contributed by atoms with van der Waals surface area (Å²) in [4.78, 5) is 13.2. The number of nitrogens with zero attached hydrogens (tertiary/aromatic N) is 2. The number of amides is 1. The molecule has 1 aliphatic rings. The van der Waals surface area contributed by atoms with E-state index in [4.69, 9.17) is 14.6 Å². The second kappa shape index (κ2) is 9.52. The molecule has 0 aromatic heterocycles. The highest BCUT2D eigenvalue weighted by molar-refractivity contribution is 6.06. The standard InChI is InChI=1S/C27H26N2O3/c1-19-9-12-21(13-10-19)25-18-24(23-15-14-22(31-2)17-26(23)32-3)28-29(25)27(30)16-11-20-7-5-4-6-8-20/h4-17,25H,18H2,1-3H3. The van der Waals surface area contributed by atoms with Crippen molar-refractivity contribution in [2.75, 3.05) is 14.2 Å². The van der Waals surface area contributed by atoms with E-state index < -0.39 is 0 Å². The van der Waals surface area contributed by atoms with Gasteiger partial charge in [0.15, 0.2) is 0 Å². The zero-order valence-corrected chi connectivity index (χ0v) is 18.5. The first kappa shape index (κ1) is 21.4. The van der Waals surface area contributed by atoms with E-state index in [-0.39, 0.29) is 11.9 Å². The van der Waals surface area contributed by atoms with Gasteiger partial charge in [-0.3, -0.25) is 4.79 Å². The maximum Gasteiger partial charge on any atom is 0.267 e. The minimum atomic E-state index is -0.190. The van der Waals surface area contributed by atoms with Gasteiger partial charge in [0.2, 0.25) is 0 Å². The predicted molar refractivity (Wildman–Crippen MR) is 127 cm³/mol. The molecule has 1 atom stereocenters. The fourth-order valence-electron chi connectivity index (χ4n) is 3.77. The Hall–Kier alpha value is -3.86. The minimum Gasteiger partial charge on any atom is -0.497 e. The highest BCUT2D eigenvalue weighted by Crippen LogP contribution is 2.36. The molecule has 3 aromatic rings. The molecule has 0 aliphatic carbocycles. The Kier molecular flexibility index (Phi) is 6.36. The summed E-state index contributed by atoms with van der Waals surface area (Å²) in [7, 11) is 3.24. The van der Waals surface area contributed by atoms with Crippen LogP contribution in [0, 0.1) is 6.92 Å². The van der Waals surface area contributed by atoms with Crippen LogP contribution in [0.2, 0.25) is 0 Å². The molecule has 1 unspecified atom stereocenters. The smallest absolute Gasteiger partial charge is 0.267 e. The number of hydrazone groups is 1.